The maximum absolute atomic E-state index is 9.60. The van der Waals surface area contributed by atoms with Gasteiger partial charge in [0.1, 0.15) is 0 Å². The molecule has 2 radical (unpaired) electrons. The monoisotopic (exact) mass is 410 g/mol. The third-order valence-electron chi connectivity index (χ3n) is 0.730. The van der Waals surface area contributed by atoms with Crippen LogP contribution in [0.15, 0.2) is 24.3 Å². The average Bonchev–Trinajstić information content (AvgIpc) is 2.06. The molecule has 0 atom stereocenters. The van der Waals surface area contributed by atoms with Crippen molar-refractivity contribution in [3.8, 4) is 0 Å². The van der Waals surface area contributed by atoms with Crippen molar-refractivity contribution < 1.29 is 19.8 Å². The number of hydrogen-bond acceptors (Lipinski definition) is 2. The average molecular weight is 409 g/mol. The van der Waals surface area contributed by atoms with Crippen molar-refractivity contribution in [2.24, 2.45) is 0 Å². The quantitative estimate of drug-likeness (QED) is 0.541. The van der Waals surface area contributed by atoms with Gasteiger partial charge in [0, 0.05) is 11.1 Å². The van der Waals surface area contributed by atoms with E-state index in [1.807, 2.05) is 0 Å². The third kappa shape index (κ3) is 31.8. The molecule has 0 aliphatic rings. The molecule has 0 rings (SSSR count). The molecule has 0 unspecified atom stereocenters. The SMILES string of the molecule is C=C(C)C(=O)O.C=C(C)C(=O)O.[CH3][Pb][CH3]. The molecule has 0 fully saturated rings. The summed E-state index contributed by atoms with van der Waals surface area (Å²) >= 11 is 0.0833. The van der Waals surface area contributed by atoms with Gasteiger partial charge in [-0.25, -0.2) is 9.59 Å². The summed E-state index contributed by atoms with van der Waals surface area (Å²) in [5.74, 6) is -1.87. The van der Waals surface area contributed by atoms with E-state index in [0.29, 0.717) is 0 Å². The second-order valence-electron chi connectivity index (χ2n) is 2.67. The van der Waals surface area contributed by atoms with Crippen molar-refractivity contribution in [2.75, 3.05) is 0 Å². The van der Waals surface area contributed by atoms with Crippen LogP contribution in [0.5, 0.6) is 0 Å². The van der Waals surface area contributed by atoms with Crippen LogP contribution >= 0.6 is 0 Å². The van der Waals surface area contributed by atoms with Crippen LogP contribution in [0.4, 0.5) is 0 Å². The predicted molar refractivity (Wildman–Crippen MR) is 62.4 cm³/mol. The number of carboxylic acids is 2. The standard InChI is InChI=1S/2C4H6O2.2CH3.Pb/c2*1-3(2)4(5)6;;;/h2*1H2,2H3,(H,5,6);2*1H3;. The summed E-state index contributed by atoms with van der Waals surface area (Å²) in [7, 11) is 0. The Labute approximate surface area is 103 Å². The Bertz CT molecular complexity index is 186. The zero-order valence-corrected chi connectivity index (χ0v) is 13.5. The van der Waals surface area contributed by atoms with Crippen LogP contribution in [-0.4, -0.2) is 46.4 Å². The van der Waals surface area contributed by atoms with Crippen molar-refractivity contribution in [2.45, 2.75) is 22.8 Å². The molecule has 0 aromatic rings. The Hall–Kier alpha value is -0.658. The number of carbonyl (C=O) groups is 2. The molecule has 0 aliphatic heterocycles. The van der Waals surface area contributed by atoms with Crippen molar-refractivity contribution in [1.29, 1.82) is 0 Å². The molecule has 0 bridgehead atoms. The molecule has 0 amide bonds. The molecule has 0 aromatic carbocycles. The molecule has 0 spiro atoms. The molecule has 0 saturated carbocycles. The second-order valence-corrected chi connectivity index (χ2v) is 6.56. The van der Waals surface area contributed by atoms with Crippen LogP contribution in [0.3, 0.4) is 0 Å². The van der Waals surface area contributed by atoms with Crippen LogP contribution < -0.4 is 0 Å². The van der Waals surface area contributed by atoms with E-state index < -0.39 is 11.9 Å². The molecule has 2 N–H and O–H groups in total. The minimum absolute atomic E-state index is 0.0833. The Kier molecular flexibility index (Phi) is 17.7. The summed E-state index contributed by atoms with van der Waals surface area (Å²) in [6.07, 6.45) is 0. The van der Waals surface area contributed by atoms with Gasteiger partial charge in [0.25, 0.3) is 0 Å². The predicted octanol–water partition coefficient (Wildman–Crippen LogP) is 2.08. The molecule has 0 saturated heterocycles. The number of rotatable bonds is 2. The van der Waals surface area contributed by atoms with Crippen LogP contribution in [0, 0.1) is 0 Å². The van der Waals surface area contributed by atoms with E-state index in [0.717, 1.165) is 0 Å². The summed E-state index contributed by atoms with van der Waals surface area (Å²) in [4.78, 5) is 19.2. The van der Waals surface area contributed by atoms with E-state index in [-0.39, 0.29) is 35.4 Å². The van der Waals surface area contributed by atoms with Gasteiger partial charge < -0.3 is 10.2 Å². The first kappa shape index (κ1) is 19.8. The van der Waals surface area contributed by atoms with Crippen LogP contribution in [0.1, 0.15) is 13.8 Å². The summed E-state index contributed by atoms with van der Waals surface area (Å²) in [5.41, 5.74) is 0.352. The molecular formula is C10H18O4Pb. The molecule has 0 aromatic heterocycles. The first-order chi connectivity index (χ1) is 6.70. The van der Waals surface area contributed by atoms with Crippen LogP contribution in [-0.2, 0) is 9.59 Å². The van der Waals surface area contributed by atoms with Gasteiger partial charge in [0.05, 0.1) is 0 Å². The van der Waals surface area contributed by atoms with Gasteiger partial charge in [0.2, 0.25) is 0 Å². The zero-order valence-electron chi connectivity index (χ0n) is 9.63. The van der Waals surface area contributed by atoms with Crippen LogP contribution in [0.2, 0.25) is 8.97 Å². The molecule has 15 heavy (non-hydrogen) atoms. The Morgan fingerprint density at radius 2 is 1.00 bits per heavy atom. The normalized spacial score (nSPS) is 7.20. The Morgan fingerprint density at radius 1 is 0.933 bits per heavy atom. The Balaban J connectivity index is -0.000000153. The fourth-order valence-electron chi connectivity index (χ4n) is 0. The third-order valence-corrected chi connectivity index (χ3v) is 0.730. The topological polar surface area (TPSA) is 74.6 Å². The van der Waals surface area contributed by atoms with Gasteiger partial charge in [-0.05, 0) is 13.8 Å². The second kappa shape index (κ2) is 13.3. The maximum atomic E-state index is 9.60. The molecule has 5 heteroatoms. The van der Waals surface area contributed by atoms with Gasteiger partial charge in [0.15, 0.2) is 0 Å². The van der Waals surface area contributed by atoms with E-state index in [9.17, 15) is 9.59 Å². The fraction of sp³-hybridized carbons (Fsp3) is 0.400. The van der Waals surface area contributed by atoms with Crippen molar-refractivity contribution in [3.63, 3.8) is 0 Å². The van der Waals surface area contributed by atoms with Gasteiger partial charge in [-0.2, -0.15) is 0 Å². The van der Waals surface area contributed by atoms with E-state index >= 15 is 0 Å². The van der Waals surface area contributed by atoms with Crippen LogP contribution in [0.25, 0.3) is 0 Å². The molecular weight excluding hydrogens is 391 g/mol. The molecule has 0 aliphatic carbocycles. The van der Waals surface area contributed by atoms with Crippen molar-refractivity contribution in [3.05, 3.63) is 24.3 Å². The first-order valence-corrected chi connectivity index (χ1v) is 11.8. The summed E-state index contributed by atoms with van der Waals surface area (Å²) in [5, 5.41) is 15.8. The number of carboxylic acid groups (broad SMARTS) is 2. The summed E-state index contributed by atoms with van der Waals surface area (Å²) < 4.78 is 4.64. The van der Waals surface area contributed by atoms with Gasteiger partial charge in [-0.15, -0.1) is 0 Å². The Morgan fingerprint density at radius 3 is 1.00 bits per heavy atom. The van der Waals surface area contributed by atoms with E-state index in [2.05, 4.69) is 22.1 Å². The van der Waals surface area contributed by atoms with Gasteiger partial charge in [-0.1, -0.05) is 13.2 Å². The molecule has 4 nitrogen and oxygen atoms in total. The number of aliphatic carboxylic acids is 2. The number of hydrogen-bond donors (Lipinski definition) is 2. The zero-order chi connectivity index (χ0) is 13.0. The van der Waals surface area contributed by atoms with E-state index in [1.54, 1.807) is 0 Å². The van der Waals surface area contributed by atoms with Gasteiger partial charge in [-0.3, -0.25) is 0 Å². The van der Waals surface area contributed by atoms with Crippen molar-refractivity contribution >= 4 is 36.2 Å². The summed E-state index contributed by atoms with van der Waals surface area (Å²) in [6, 6.07) is 0. The first-order valence-electron chi connectivity index (χ1n) is 4.06. The minimum atomic E-state index is -0.935. The fourth-order valence-corrected chi connectivity index (χ4v) is 0. The van der Waals surface area contributed by atoms with Gasteiger partial charge >= 0.3 is 45.1 Å². The van der Waals surface area contributed by atoms with E-state index in [4.69, 9.17) is 10.2 Å². The molecule has 0 heterocycles. The molecule has 86 valence electrons. The van der Waals surface area contributed by atoms with E-state index in [1.165, 1.54) is 13.8 Å². The van der Waals surface area contributed by atoms with Crippen molar-refractivity contribution in [1.82, 2.24) is 0 Å². The summed E-state index contributed by atoms with van der Waals surface area (Å²) in [6.45, 7) is 9.20.